The predicted octanol–water partition coefficient (Wildman–Crippen LogP) is 5.71. The minimum absolute atomic E-state index is 0.00149. The molecule has 2 rings (SSSR count). The number of aliphatic carboxylic acids is 1. The summed E-state index contributed by atoms with van der Waals surface area (Å²) < 4.78 is 101. The summed E-state index contributed by atoms with van der Waals surface area (Å²) in [6.45, 7) is -0.734. The van der Waals surface area contributed by atoms with Gasteiger partial charge in [0.2, 0.25) is 5.83 Å². The van der Waals surface area contributed by atoms with E-state index in [4.69, 9.17) is 14.6 Å². The molecule has 1 N–H and O–H groups in total. The summed E-state index contributed by atoms with van der Waals surface area (Å²) in [5.74, 6) is -3.39. The summed E-state index contributed by atoms with van der Waals surface area (Å²) in [5.41, 5.74) is -3.42. The predicted molar refractivity (Wildman–Crippen MR) is 90.5 cm³/mol. The first-order valence-electron chi connectivity index (χ1n) is 8.01. The van der Waals surface area contributed by atoms with Crippen molar-refractivity contribution in [2.45, 2.75) is 19.0 Å². The van der Waals surface area contributed by atoms with Gasteiger partial charge < -0.3 is 14.6 Å². The Kier molecular flexibility index (Phi) is 6.63. The zero-order valence-corrected chi connectivity index (χ0v) is 15.1. The number of carbonyl (C=O) groups is 1. The molecular formula is C19H13F7O4. The van der Waals surface area contributed by atoms with Crippen LogP contribution in [0.25, 0.3) is 6.08 Å². The first-order chi connectivity index (χ1) is 13.8. The van der Waals surface area contributed by atoms with Crippen LogP contribution >= 0.6 is 0 Å². The quantitative estimate of drug-likeness (QED) is 0.464. The number of rotatable bonds is 6. The molecule has 0 aliphatic rings. The van der Waals surface area contributed by atoms with Crippen molar-refractivity contribution < 1.29 is 50.1 Å². The largest absolute Gasteiger partial charge is 0.493 e. The van der Waals surface area contributed by atoms with Crippen molar-refractivity contribution >= 4 is 12.0 Å². The smallest absolute Gasteiger partial charge is 0.416 e. The molecule has 11 heteroatoms. The molecule has 0 bridgehead atoms. The van der Waals surface area contributed by atoms with Crippen molar-refractivity contribution in [2.24, 2.45) is 0 Å². The van der Waals surface area contributed by atoms with E-state index in [1.165, 1.54) is 25.3 Å². The Morgan fingerprint density at radius 3 is 2.20 bits per heavy atom. The summed E-state index contributed by atoms with van der Waals surface area (Å²) in [4.78, 5) is 10.5. The molecule has 162 valence electrons. The van der Waals surface area contributed by atoms with Gasteiger partial charge in [-0.15, -0.1) is 0 Å². The highest BCUT2D eigenvalue weighted by Gasteiger charge is 2.38. The van der Waals surface area contributed by atoms with Crippen LogP contribution in [-0.2, 0) is 23.8 Å². The summed E-state index contributed by atoms with van der Waals surface area (Å²) in [5, 5.41) is 8.53. The Morgan fingerprint density at radius 1 is 1.00 bits per heavy atom. The Balaban J connectivity index is 2.32. The second kappa shape index (κ2) is 8.64. The Labute approximate surface area is 165 Å². The minimum atomic E-state index is -5.05. The first kappa shape index (κ1) is 23.0. The van der Waals surface area contributed by atoms with Gasteiger partial charge in [0.1, 0.15) is 6.61 Å². The van der Waals surface area contributed by atoms with E-state index < -0.39 is 47.4 Å². The fraction of sp³-hybridized carbons (Fsp3) is 0.211. The minimum Gasteiger partial charge on any atom is -0.493 e. The molecule has 0 aliphatic heterocycles. The Bertz CT molecular complexity index is 962. The number of alkyl halides is 6. The molecule has 0 radical (unpaired) electrons. The molecule has 4 nitrogen and oxygen atoms in total. The van der Waals surface area contributed by atoms with Crippen LogP contribution in [-0.4, -0.2) is 18.2 Å². The van der Waals surface area contributed by atoms with Crippen molar-refractivity contribution in [1.82, 2.24) is 0 Å². The molecule has 0 heterocycles. The molecule has 0 amide bonds. The van der Waals surface area contributed by atoms with Gasteiger partial charge in [-0.2, -0.15) is 30.7 Å². The number of carboxylic acid groups (broad SMARTS) is 1. The van der Waals surface area contributed by atoms with Crippen LogP contribution in [0, 0.1) is 0 Å². The number of halogens is 7. The third kappa shape index (κ3) is 5.65. The van der Waals surface area contributed by atoms with E-state index >= 15 is 0 Å². The van der Waals surface area contributed by atoms with Gasteiger partial charge in [0.15, 0.2) is 11.5 Å². The normalized spacial score (nSPS) is 12.6. The topological polar surface area (TPSA) is 55.8 Å². The number of ether oxygens (including phenoxy) is 2. The highest BCUT2D eigenvalue weighted by Crippen LogP contribution is 2.38. The van der Waals surface area contributed by atoms with E-state index in [9.17, 15) is 35.5 Å². The van der Waals surface area contributed by atoms with E-state index in [2.05, 4.69) is 0 Å². The van der Waals surface area contributed by atoms with Crippen LogP contribution in [0.15, 0.2) is 42.2 Å². The maximum atomic E-state index is 13.2. The fourth-order valence-corrected chi connectivity index (χ4v) is 2.40. The summed E-state index contributed by atoms with van der Waals surface area (Å²) >= 11 is 0. The van der Waals surface area contributed by atoms with Crippen LogP contribution < -0.4 is 9.47 Å². The summed E-state index contributed by atoms with van der Waals surface area (Å²) in [6.07, 6.45) is -9.31. The lowest BCUT2D eigenvalue weighted by Crippen LogP contribution is -2.14. The monoisotopic (exact) mass is 438 g/mol. The van der Waals surface area contributed by atoms with E-state index in [1.54, 1.807) is 0 Å². The molecule has 0 saturated heterocycles. The summed E-state index contributed by atoms with van der Waals surface area (Å²) in [6, 6.07) is 4.76. The van der Waals surface area contributed by atoms with Gasteiger partial charge in [-0.1, -0.05) is 12.1 Å². The van der Waals surface area contributed by atoms with Crippen LogP contribution in [0.4, 0.5) is 30.7 Å². The molecule has 0 aliphatic carbocycles. The molecule has 0 saturated carbocycles. The van der Waals surface area contributed by atoms with Gasteiger partial charge in [-0.25, -0.2) is 4.79 Å². The van der Waals surface area contributed by atoms with Crippen molar-refractivity contribution in [3.63, 3.8) is 0 Å². The Morgan fingerprint density at radius 2 is 1.67 bits per heavy atom. The molecule has 30 heavy (non-hydrogen) atoms. The lowest BCUT2D eigenvalue weighted by molar-refractivity contribution is -0.143. The standard InChI is InChI=1S/C19H13F7O4/c1-29-16-7-10(6-14(20)17(27)28)2-5-15(16)30-9-11-3-4-12(18(21,22)23)8-13(11)19(24,25)26/h2-8H,9H2,1H3,(H,27,28)/b14-6-. The van der Waals surface area contributed by atoms with Gasteiger partial charge in [-0.3, -0.25) is 0 Å². The zero-order chi connectivity index (χ0) is 22.7. The molecular weight excluding hydrogens is 425 g/mol. The maximum absolute atomic E-state index is 13.2. The number of hydrogen-bond donors (Lipinski definition) is 1. The highest BCUT2D eigenvalue weighted by atomic mass is 19.4. The highest BCUT2D eigenvalue weighted by molar-refractivity contribution is 5.89. The maximum Gasteiger partial charge on any atom is 0.416 e. The number of methoxy groups -OCH3 is 1. The third-order valence-electron chi connectivity index (χ3n) is 3.81. The average molecular weight is 438 g/mol. The van der Waals surface area contributed by atoms with Crippen LogP contribution in [0.5, 0.6) is 11.5 Å². The first-order valence-corrected chi connectivity index (χ1v) is 8.01. The van der Waals surface area contributed by atoms with E-state index in [1.807, 2.05) is 0 Å². The molecule has 0 aromatic heterocycles. The second-order valence-electron chi connectivity index (χ2n) is 5.86. The van der Waals surface area contributed by atoms with Crippen molar-refractivity contribution in [3.05, 3.63) is 64.5 Å². The van der Waals surface area contributed by atoms with Crippen LogP contribution in [0.2, 0.25) is 0 Å². The van der Waals surface area contributed by atoms with E-state index in [0.29, 0.717) is 18.2 Å². The Hall–Kier alpha value is -3.24. The van der Waals surface area contributed by atoms with Crippen LogP contribution in [0.3, 0.4) is 0 Å². The van der Waals surface area contributed by atoms with Crippen molar-refractivity contribution in [3.8, 4) is 11.5 Å². The number of benzene rings is 2. The lowest BCUT2D eigenvalue weighted by Gasteiger charge is -2.17. The van der Waals surface area contributed by atoms with E-state index in [0.717, 1.165) is 0 Å². The van der Waals surface area contributed by atoms with E-state index in [-0.39, 0.29) is 23.1 Å². The molecule has 2 aromatic carbocycles. The second-order valence-corrected chi connectivity index (χ2v) is 5.86. The van der Waals surface area contributed by atoms with Gasteiger partial charge in [0.05, 0.1) is 18.2 Å². The third-order valence-corrected chi connectivity index (χ3v) is 3.81. The van der Waals surface area contributed by atoms with Gasteiger partial charge >= 0.3 is 18.3 Å². The van der Waals surface area contributed by atoms with Crippen molar-refractivity contribution in [2.75, 3.05) is 7.11 Å². The average Bonchev–Trinajstić information content (AvgIpc) is 2.65. The van der Waals surface area contributed by atoms with Crippen LogP contribution in [0.1, 0.15) is 22.3 Å². The number of carboxylic acids is 1. The van der Waals surface area contributed by atoms with Crippen molar-refractivity contribution in [1.29, 1.82) is 0 Å². The fourth-order valence-electron chi connectivity index (χ4n) is 2.40. The molecule has 0 fully saturated rings. The molecule has 0 unspecified atom stereocenters. The SMILES string of the molecule is COc1cc(/C=C(\F)C(=O)O)ccc1OCc1ccc(C(F)(F)F)cc1C(F)(F)F. The van der Waals surface area contributed by atoms with Gasteiger partial charge in [0, 0.05) is 5.56 Å². The van der Waals surface area contributed by atoms with Gasteiger partial charge in [-0.05, 0) is 35.9 Å². The van der Waals surface area contributed by atoms with Gasteiger partial charge in [0.25, 0.3) is 0 Å². The molecule has 0 atom stereocenters. The number of hydrogen-bond acceptors (Lipinski definition) is 3. The zero-order valence-electron chi connectivity index (χ0n) is 15.1. The lowest BCUT2D eigenvalue weighted by atomic mass is 10.0. The molecule has 2 aromatic rings. The molecule has 0 spiro atoms. The summed E-state index contributed by atoms with van der Waals surface area (Å²) in [7, 11) is 1.18.